The van der Waals surface area contributed by atoms with Crippen LogP contribution in [-0.4, -0.2) is 14.2 Å². The van der Waals surface area contributed by atoms with Crippen molar-refractivity contribution in [1.82, 2.24) is 0 Å². The Bertz CT molecular complexity index is 827. The number of aromatic nitrogens is 1. The normalized spacial score (nSPS) is 10.4. The van der Waals surface area contributed by atoms with Gasteiger partial charge in [0.25, 0.3) is 0 Å². The van der Waals surface area contributed by atoms with Gasteiger partial charge in [-0.3, -0.25) is 4.79 Å². The van der Waals surface area contributed by atoms with Gasteiger partial charge in [-0.05, 0) is 16.3 Å². The molecule has 0 amide bonds. The van der Waals surface area contributed by atoms with Crippen LogP contribution in [0.3, 0.4) is 0 Å². The largest absolute Gasteiger partial charge is 0.496 e. The molecule has 21 heavy (non-hydrogen) atoms. The van der Waals surface area contributed by atoms with E-state index in [1.165, 1.54) is 36.3 Å². The Morgan fingerprint density at radius 2 is 2.14 bits per heavy atom. The molecule has 2 heterocycles. The Kier molecular flexibility index (Phi) is 3.73. The molecule has 0 aliphatic rings. The zero-order valence-corrected chi connectivity index (χ0v) is 12.8. The first-order chi connectivity index (χ1) is 10.2. The number of rotatable bonds is 4. The van der Waals surface area contributed by atoms with E-state index in [-0.39, 0.29) is 5.43 Å². The third-order valence-corrected chi connectivity index (χ3v) is 4.28. The van der Waals surface area contributed by atoms with Gasteiger partial charge in [-0.2, -0.15) is 0 Å². The lowest BCUT2D eigenvalue weighted by atomic mass is 10.2. The Hall–Kier alpha value is -2.17. The lowest BCUT2D eigenvalue weighted by Crippen LogP contribution is -2.03. The van der Waals surface area contributed by atoms with Crippen LogP contribution in [0, 0.1) is 5.51 Å². The van der Waals surface area contributed by atoms with Crippen LogP contribution in [0.4, 0.5) is 0 Å². The fourth-order valence-electron chi connectivity index (χ4n) is 1.86. The van der Waals surface area contributed by atoms with Crippen molar-refractivity contribution in [2.24, 2.45) is 0 Å². The monoisotopic (exact) mass is 320 g/mol. The van der Waals surface area contributed by atoms with Crippen LogP contribution in [0.5, 0.6) is 11.5 Å². The van der Waals surface area contributed by atoms with Crippen LogP contribution in [-0.2, 0) is 0 Å². The fraction of sp³-hybridized carbons (Fsp3) is 0.143. The van der Waals surface area contributed by atoms with Crippen molar-refractivity contribution in [3.8, 4) is 11.5 Å². The second-order valence-electron chi connectivity index (χ2n) is 4.01. The van der Waals surface area contributed by atoms with Crippen molar-refractivity contribution in [3.05, 3.63) is 39.3 Å². The Labute approximate surface area is 128 Å². The first-order valence-corrected chi connectivity index (χ1v) is 7.60. The maximum Gasteiger partial charge on any atom is 0.394 e. The molecule has 0 aliphatic heterocycles. The van der Waals surface area contributed by atoms with Crippen molar-refractivity contribution < 1.29 is 18.9 Å². The fourth-order valence-corrected chi connectivity index (χ4v) is 3.21. The highest BCUT2D eigenvalue weighted by Gasteiger charge is 2.16. The summed E-state index contributed by atoms with van der Waals surface area (Å²) in [6.45, 7) is 0. The molecule has 0 radical (unpaired) electrons. The molecule has 5 nitrogen and oxygen atoms in total. The van der Waals surface area contributed by atoms with Gasteiger partial charge in [0.05, 0.1) is 14.2 Å². The lowest BCUT2D eigenvalue weighted by molar-refractivity contribution is -0.341. The van der Waals surface area contributed by atoms with Crippen LogP contribution in [0.2, 0.25) is 0 Å². The molecule has 2 aromatic heterocycles. The minimum absolute atomic E-state index is 0.169. The molecule has 3 aromatic rings. The van der Waals surface area contributed by atoms with E-state index in [4.69, 9.17) is 13.9 Å². The van der Waals surface area contributed by atoms with E-state index in [1.54, 1.807) is 19.2 Å². The Balaban J connectivity index is 2.16. The van der Waals surface area contributed by atoms with E-state index >= 15 is 0 Å². The lowest BCUT2D eigenvalue weighted by Gasteiger charge is -2.07. The number of hydrogen-bond acceptors (Lipinski definition) is 6. The third-order valence-electron chi connectivity index (χ3n) is 2.77. The summed E-state index contributed by atoms with van der Waals surface area (Å²) in [6.07, 6.45) is 0. The van der Waals surface area contributed by atoms with E-state index < -0.39 is 0 Å². The van der Waals surface area contributed by atoms with Crippen molar-refractivity contribution >= 4 is 34.1 Å². The highest BCUT2D eigenvalue weighted by atomic mass is 32.2. The van der Waals surface area contributed by atoms with Gasteiger partial charge in [0, 0.05) is 30.0 Å². The average molecular weight is 320 g/mol. The number of fused-ring (bicyclic) bond motifs is 1. The second-order valence-corrected chi connectivity index (χ2v) is 5.69. The summed E-state index contributed by atoms with van der Waals surface area (Å²) in [7, 11) is 3.05. The summed E-state index contributed by atoms with van der Waals surface area (Å²) in [5, 5.41) is 3.42. The van der Waals surface area contributed by atoms with E-state index in [0.717, 1.165) is 5.03 Å². The molecule has 0 bridgehead atoms. The van der Waals surface area contributed by atoms with Crippen molar-refractivity contribution in [2.75, 3.05) is 14.2 Å². The molecule has 0 unspecified atom stereocenters. The van der Waals surface area contributed by atoms with Gasteiger partial charge in [0.15, 0.2) is 10.5 Å². The smallest absolute Gasteiger partial charge is 0.394 e. The van der Waals surface area contributed by atoms with Gasteiger partial charge in [0.2, 0.25) is 0 Å². The van der Waals surface area contributed by atoms with Crippen molar-refractivity contribution in [1.29, 1.82) is 0 Å². The summed E-state index contributed by atoms with van der Waals surface area (Å²) < 4.78 is 16.2. The predicted molar refractivity (Wildman–Crippen MR) is 78.5 cm³/mol. The summed E-state index contributed by atoms with van der Waals surface area (Å²) in [6, 6.07) is 4.75. The first-order valence-electron chi connectivity index (χ1n) is 5.90. The van der Waals surface area contributed by atoms with Crippen molar-refractivity contribution in [2.45, 2.75) is 10.1 Å². The molecule has 0 spiro atoms. The van der Waals surface area contributed by atoms with Crippen LogP contribution in [0.15, 0.2) is 42.9 Å². The van der Waals surface area contributed by atoms with Crippen LogP contribution >= 0.6 is 23.1 Å². The van der Waals surface area contributed by atoms with Crippen LogP contribution < -0.4 is 19.9 Å². The molecular formula is C14H10NO4S2+. The number of hydrogen-bond donors (Lipinski definition) is 0. The topological polar surface area (TPSA) is 62.8 Å². The van der Waals surface area contributed by atoms with Gasteiger partial charge in [-0.1, -0.05) is 0 Å². The van der Waals surface area contributed by atoms with E-state index in [2.05, 4.69) is 10.5 Å². The average Bonchev–Trinajstić information content (AvgIpc) is 2.98. The minimum Gasteiger partial charge on any atom is -0.496 e. The second kappa shape index (κ2) is 5.68. The molecule has 0 atom stereocenters. The summed E-state index contributed by atoms with van der Waals surface area (Å²) in [5.41, 5.74) is 3.00. The highest BCUT2D eigenvalue weighted by molar-refractivity contribution is 7.99. The van der Waals surface area contributed by atoms with Gasteiger partial charge in [0.1, 0.15) is 27.8 Å². The Morgan fingerprint density at radius 3 is 2.81 bits per heavy atom. The molecule has 0 saturated heterocycles. The van der Waals surface area contributed by atoms with Crippen LogP contribution in [0.25, 0.3) is 11.0 Å². The third kappa shape index (κ3) is 2.68. The molecule has 0 aliphatic carbocycles. The van der Waals surface area contributed by atoms with Crippen molar-refractivity contribution in [3.63, 3.8) is 0 Å². The van der Waals surface area contributed by atoms with E-state index in [0.29, 0.717) is 27.6 Å². The number of nitrogens with zero attached hydrogens (tertiary/aromatic N) is 1. The molecule has 0 N–H and O–H groups in total. The number of benzene rings is 1. The summed E-state index contributed by atoms with van der Waals surface area (Å²) >= 11 is 2.63. The maximum atomic E-state index is 12.3. The zero-order chi connectivity index (χ0) is 14.8. The Morgan fingerprint density at radius 1 is 1.29 bits per heavy atom. The van der Waals surface area contributed by atoms with Gasteiger partial charge >= 0.3 is 10.5 Å². The minimum atomic E-state index is -0.169. The zero-order valence-electron chi connectivity index (χ0n) is 11.2. The number of ether oxygens (including phenoxy) is 2. The predicted octanol–water partition coefficient (Wildman–Crippen LogP) is 2.42. The van der Waals surface area contributed by atoms with Crippen LogP contribution in [0.1, 0.15) is 0 Å². The van der Waals surface area contributed by atoms with Gasteiger partial charge in [-0.15, -0.1) is 0 Å². The SMILES string of the molecule is COc1cc(OC)c2c(=O)cc(Sc3csc#[n+]3)oc2c1. The molecule has 106 valence electrons. The van der Waals surface area contributed by atoms with E-state index in [9.17, 15) is 4.79 Å². The molecular weight excluding hydrogens is 310 g/mol. The molecule has 3 rings (SSSR count). The first kappa shape index (κ1) is 13.8. The summed E-state index contributed by atoms with van der Waals surface area (Å²) in [5.74, 6) is 0.989. The van der Waals surface area contributed by atoms with Gasteiger partial charge < -0.3 is 13.9 Å². The molecule has 0 fully saturated rings. The molecule has 0 saturated carbocycles. The maximum absolute atomic E-state index is 12.3. The molecule has 7 heteroatoms. The van der Waals surface area contributed by atoms with Gasteiger partial charge in [-0.25, -0.2) is 0 Å². The highest BCUT2D eigenvalue weighted by Crippen LogP contribution is 2.32. The number of methoxy groups -OCH3 is 2. The quantitative estimate of drug-likeness (QED) is 0.736. The molecule has 1 aromatic carbocycles. The van der Waals surface area contributed by atoms with E-state index in [1.807, 2.05) is 5.38 Å². The summed E-state index contributed by atoms with van der Waals surface area (Å²) in [4.78, 5) is 16.3. The standard InChI is InChI=1S/C14H10NO4S2/c1-17-8-3-10(18-2)14-9(16)5-13(19-11(14)4-8)21-12-6-20-7-15-12/h3-6H,1-2H3/q+1.